The Hall–Kier alpha value is -2.07. The highest BCUT2D eigenvalue weighted by Crippen LogP contribution is 2.15. The van der Waals surface area contributed by atoms with Gasteiger partial charge in [-0.3, -0.25) is 0 Å². The summed E-state index contributed by atoms with van der Waals surface area (Å²) in [5.74, 6) is 0. The average molecular weight is 268 g/mol. The van der Waals surface area contributed by atoms with E-state index >= 15 is 0 Å². The molecule has 3 aromatic rings. The SMILES string of the molecule is Cc1[nH]cnc1CNCCCn1ccc2ccccc21. The van der Waals surface area contributed by atoms with Gasteiger partial charge in [-0.15, -0.1) is 0 Å². The summed E-state index contributed by atoms with van der Waals surface area (Å²) in [5.41, 5.74) is 3.57. The lowest BCUT2D eigenvalue weighted by Crippen LogP contribution is -2.17. The van der Waals surface area contributed by atoms with Crippen molar-refractivity contribution in [3.63, 3.8) is 0 Å². The number of aromatic amines is 1. The van der Waals surface area contributed by atoms with Gasteiger partial charge in [0.15, 0.2) is 0 Å². The Bertz CT molecular complexity index is 680. The number of benzene rings is 1. The number of para-hydroxylation sites is 1. The molecule has 0 aliphatic heterocycles. The average Bonchev–Trinajstić information content (AvgIpc) is 3.06. The summed E-state index contributed by atoms with van der Waals surface area (Å²) in [5, 5.41) is 4.76. The van der Waals surface area contributed by atoms with Crippen LogP contribution in [-0.4, -0.2) is 21.1 Å². The number of aryl methyl sites for hydroxylation is 2. The van der Waals surface area contributed by atoms with Crippen LogP contribution in [0.2, 0.25) is 0 Å². The van der Waals surface area contributed by atoms with Gasteiger partial charge in [-0.25, -0.2) is 4.98 Å². The first-order valence-electron chi connectivity index (χ1n) is 7.08. The molecule has 0 atom stereocenters. The van der Waals surface area contributed by atoms with Gasteiger partial charge >= 0.3 is 0 Å². The second-order valence-corrected chi connectivity index (χ2v) is 5.07. The standard InChI is InChI=1S/C16H20N4/c1-13-15(19-12-18-13)11-17-8-4-9-20-10-7-14-5-2-3-6-16(14)20/h2-3,5-7,10,12,17H,4,8-9,11H2,1H3,(H,18,19). The molecule has 4 heteroatoms. The van der Waals surface area contributed by atoms with E-state index in [1.165, 1.54) is 10.9 Å². The van der Waals surface area contributed by atoms with E-state index in [4.69, 9.17) is 0 Å². The van der Waals surface area contributed by atoms with Crippen molar-refractivity contribution in [3.05, 3.63) is 54.2 Å². The molecular weight excluding hydrogens is 248 g/mol. The Morgan fingerprint density at radius 2 is 2.15 bits per heavy atom. The first-order valence-corrected chi connectivity index (χ1v) is 7.08. The Balaban J connectivity index is 1.47. The fourth-order valence-electron chi connectivity index (χ4n) is 2.48. The Labute approximate surface area is 118 Å². The summed E-state index contributed by atoms with van der Waals surface area (Å²) in [6.07, 6.45) is 5.03. The molecule has 1 aromatic carbocycles. The van der Waals surface area contributed by atoms with Crippen LogP contribution in [0.4, 0.5) is 0 Å². The van der Waals surface area contributed by atoms with Gasteiger partial charge in [0.05, 0.1) is 12.0 Å². The van der Waals surface area contributed by atoms with Crippen molar-refractivity contribution in [3.8, 4) is 0 Å². The first-order chi connectivity index (χ1) is 9.84. The van der Waals surface area contributed by atoms with Crippen LogP contribution in [0.15, 0.2) is 42.9 Å². The second kappa shape index (κ2) is 5.92. The highest BCUT2D eigenvalue weighted by molar-refractivity contribution is 5.79. The lowest BCUT2D eigenvalue weighted by atomic mass is 10.2. The molecule has 20 heavy (non-hydrogen) atoms. The molecule has 2 heterocycles. The number of nitrogens with one attached hydrogen (secondary N) is 2. The van der Waals surface area contributed by atoms with Crippen LogP contribution in [0, 0.1) is 6.92 Å². The molecule has 2 aromatic heterocycles. The van der Waals surface area contributed by atoms with E-state index in [2.05, 4.69) is 63.3 Å². The summed E-state index contributed by atoms with van der Waals surface area (Å²) in [4.78, 5) is 7.38. The van der Waals surface area contributed by atoms with Gasteiger partial charge in [0, 0.05) is 30.5 Å². The number of rotatable bonds is 6. The van der Waals surface area contributed by atoms with Crippen molar-refractivity contribution in [2.24, 2.45) is 0 Å². The van der Waals surface area contributed by atoms with E-state index in [1.807, 2.05) is 0 Å². The fourth-order valence-corrected chi connectivity index (χ4v) is 2.48. The van der Waals surface area contributed by atoms with E-state index < -0.39 is 0 Å². The maximum Gasteiger partial charge on any atom is 0.0925 e. The number of imidazole rings is 1. The van der Waals surface area contributed by atoms with Crippen LogP contribution >= 0.6 is 0 Å². The largest absolute Gasteiger partial charge is 0.348 e. The van der Waals surface area contributed by atoms with Gasteiger partial charge in [0.25, 0.3) is 0 Å². The molecule has 104 valence electrons. The molecule has 0 bridgehead atoms. The number of aromatic nitrogens is 3. The molecule has 0 saturated heterocycles. The molecule has 0 saturated carbocycles. The fraction of sp³-hybridized carbons (Fsp3) is 0.312. The number of hydrogen-bond acceptors (Lipinski definition) is 2. The summed E-state index contributed by atoms with van der Waals surface area (Å²) in [6, 6.07) is 10.7. The molecule has 0 amide bonds. The van der Waals surface area contributed by atoms with E-state index in [1.54, 1.807) is 6.33 Å². The van der Waals surface area contributed by atoms with Gasteiger partial charge in [0.1, 0.15) is 0 Å². The van der Waals surface area contributed by atoms with E-state index in [9.17, 15) is 0 Å². The molecule has 3 rings (SSSR count). The highest BCUT2D eigenvalue weighted by atomic mass is 15.0. The molecule has 0 fully saturated rings. The minimum Gasteiger partial charge on any atom is -0.348 e. The zero-order chi connectivity index (χ0) is 13.8. The van der Waals surface area contributed by atoms with Crippen LogP contribution in [0.5, 0.6) is 0 Å². The molecule has 0 aliphatic carbocycles. The van der Waals surface area contributed by atoms with Crippen molar-refractivity contribution in [1.29, 1.82) is 0 Å². The maximum atomic E-state index is 4.28. The van der Waals surface area contributed by atoms with E-state index in [0.717, 1.165) is 37.4 Å². The predicted octanol–water partition coefficient (Wildman–Crippen LogP) is 2.85. The van der Waals surface area contributed by atoms with Crippen molar-refractivity contribution in [1.82, 2.24) is 19.9 Å². The molecule has 0 unspecified atom stereocenters. The number of nitrogens with zero attached hydrogens (tertiary/aromatic N) is 2. The Kier molecular flexibility index (Phi) is 3.83. The van der Waals surface area contributed by atoms with Gasteiger partial charge in [0.2, 0.25) is 0 Å². The summed E-state index contributed by atoms with van der Waals surface area (Å²) in [6.45, 7) is 4.93. The highest BCUT2D eigenvalue weighted by Gasteiger charge is 2.01. The summed E-state index contributed by atoms with van der Waals surface area (Å²) in [7, 11) is 0. The number of hydrogen-bond donors (Lipinski definition) is 2. The van der Waals surface area contributed by atoms with Crippen molar-refractivity contribution in [2.45, 2.75) is 26.4 Å². The van der Waals surface area contributed by atoms with Crippen LogP contribution in [0.1, 0.15) is 17.8 Å². The third-order valence-corrected chi connectivity index (χ3v) is 3.66. The molecule has 2 N–H and O–H groups in total. The van der Waals surface area contributed by atoms with Crippen LogP contribution in [0.25, 0.3) is 10.9 Å². The summed E-state index contributed by atoms with van der Waals surface area (Å²) < 4.78 is 2.32. The van der Waals surface area contributed by atoms with Crippen molar-refractivity contribution >= 4 is 10.9 Å². The third kappa shape index (κ3) is 2.75. The molecule has 0 spiro atoms. The smallest absolute Gasteiger partial charge is 0.0925 e. The number of fused-ring (bicyclic) bond motifs is 1. The van der Waals surface area contributed by atoms with E-state index in [0.29, 0.717) is 0 Å². The van der Waals surface area contributed by atoms with E-state index in [-0.39, 0.29) is 0 Å². The minimum absolute atomic E-state index is 0.835. The monoisotopic (exact) mass is 268 g/mol. The van der Waals surface area contributed by atoms with Crippen molar-refractivity contribution in [2.75, 3.05) is 6.54 Å². The molecule has 0 aliphatic rings. The number of H-pyrrole nitrogens is 1. The lowest BCUT2D eigenvalue weighted by Gasteiger charge is -2.06. The Morgan fingerprint density at radius 3 is 3.00 bits per heavy atom. The third-order valence-electron chi connectivity index (χ3n) is 3.66. The maximum absolute atomic E-state index is 4.28. The van der Waals surface area contributed by atoms with Crippen LogP contribution in [0.3, 0.4) is 0 Å². The van der Waals surface area contributed by atoms with Gasteiger partial charge in [-0.1, -0.05) is 18.2 Å². The van der Waals surface area contributed by atoms with Gasteiger partial charge in [-0.2, -0.15) is 0 Å². The molecule has 0 radical (unpaired) electrons. The predicted molar refractivity (Wildman–Crippen MR) is 81.6 cm³/mol. The zero-order valence-electron chi connectivity index (χ0n) is 11.8. The second-order valence-electron chi connectivity index (χ2n) is 5.07. The molecular formula is C16H20N4. The first kappa shape index (κ1) is 12.9. The van der Waals surface area contributed by atoms with Crippen LogP contribution in [-0.2, 0) is 13.1 Å². The quantitative estimate of drug-likeness (QED) is 0.675. The summed E-state index contributed by atoms with van der Waals surface area (Å²) >= 11 is 0. The normalized spacial score (nSPS) is 11.2. The van der Waals surface area contributed by atoms with Crippen LogP contribution < -0.4 is 5.32 Å². The lowest BCUT2D eigenvalue weighted by molar-refractivity contribution is 0.586. The zero-order valence-corrected chi connectivity index (χ0v) is 11.8. The topological polar surface area (TPSA) is 45.6 Å². The van der Waals surface area contributed by atoms with Gasteiger partial charge in [-0.05, 0) is 37.4 Å². The van der Waals surface area contributed by atoms with Gasteiger partial charge < -0.3 is 14.9 Å². The molecule has 4 nitrogen and oxygen atoms in total. The van der Waals surface area contributed by atoms with Crippen molar-refractivity contribution < 1.29 is 0 Å². The Morgan fingerprint density at radius 1 is 1.25 bits per heavy atom. The minimum atomic E-state index is 0.835.